The van der Waals surface area contributed by atoms with Crippen molar-refractivity contribution in [2.24, 2.45) is 5.92 Å². The number of aromatic amines is 1. The highest BCUT2D eigenvalue weighted by molar-refractivity contribution is 5.94. The monoisotopic (exact) mass is 492 g/mol. The van der Waals surface area contributed by atoms with Crippen LogP contribution in [0.25, 0.3) is 27.8 Å². The van der Waals surface area contributed by atoms with Crippen LogP contribution < -0.4 is 4.74 Å². The SMILES string of the molecule is CCC1(c2c(C3CCC(C(=O)O)CC3)c3nc4[nH]ncc4cc3n2-c2ccc(F)c(OC)c2)COC1. The van der Waals surface area contributed by atoms with Gasteiger partial charge < -0.3 is 19.1 Å². The smallest absolute Gasteiger partial charge is 0.306 e. The molecule has 2 N–H and O–H groups in total. The average Bonchev–Trinajstić information content (AvgIpc) is 3.45. The Bertz CT molecular complexity index is 1460. The molecule has 1 aromatic carbocycles. The van der Waals surface area contributed by atoms with Crippen LogP contribution in [0, 0.1) is 11.7 Å². The maximum absolute atomic E-state index is 14.4. The highest BCUT2D eigenvalue weighted by Gasteiger charge is 2.46. The lowest BCUT2D eigenvalue weighted by atomic mass is 9.72. The Hall–Kier alpha value is -3.46. The first-order valence-electron chi connectivity index (χ1n) is 12.5. The van der Waals surface area contributed by atoms with E-state index in [1.54, 1.807) is 18.3 Å². The third-order valence-corrected chi connectivity index (χ3v) is 8.19. The van der Waals surface area contributed by atoms with Crippen molar-refractivity contribution in [3.63, 3.8) is 0 Å². The van der Waals surface area contributed by atoms with Crippen LogP contribution in [-0.2, 0) is 14.9 Å². The van der Waals surface area contributed by atoms with Crippen LogP contribution in [0.5, 0.6) is 5.75 Å². The fourth-order valence-corrected chi connectivity index (χ4v) is 6.04. The number of benzene rings is 1. The normalized spacial score (nSPS) is 21.5. The second-order valence-electron chi connectivity index (χ2n) is 10.1. The van der Waals surface area contributed by atoms with Gasteiger partial charge in [0.05, 0.1) is 48.9 Å². The number of H-pyrrole nitrogens is 1. The number of hydrogen-bond acceptors (Lipinski definition) is 5. The number of halogens is 1. The van der Waals surface area contributed by atoms with Gasteiger partial charge in [-0.05, 0) is 56.2 Å². The quantitative estimate of drug-likeness (QED) is 0.389. The van der Waals surface area contributed by atoms with Crippen LogP contribution in [0.4, 0.5) is 4.39 Å². The van der Waals surface area contributed by atoms with Gasteiger partial charge in [0, 0.05) is 28.4 Å². The van der Waals surface area contributed by atoms with Crippen LogP contribution in [0.15, 0.2) is 30.5 Å². The fraction of sp³-hybridized carbons (Fsp3) is 0.444. The largest absolute Gasteiger partial charge is 0.494 e. The Morgan fingerprint density at radius 1 is 1.28 bits per heavy atom. The summed E-state index contributed by atoms with van der Waals surface area (Å²) >= 11 is 0. The number of methoxy groups -OCH3 is 1. The van der Waals surface area contributed by atoms with Gasteiger partial charge in [-0.3, -0.25) is 9.89 Å². The number of carboxylic acid groups (broad SMARTS) is 1. The molecule has 0 radical (unpaired) electrons. The fourth-order valence-electron chi connectivity index (χ4n) is 6.04. The van der Waals surface area contributed by atoms with E-state index in [0.717, 1.165) is 52.6 Å². The van der Waals surface area contributed by atoms with Crippen molar-refractivity contribution in [1.29, 1.82) is 0 Å². The van der Waals surface area contributed by atoms with Gasteiger partial charge in [0.2, 0.25) is 0 Å². The summed E-state index contributed by atoms with van der Waals surface area (Å²) in [6.07, 6.45) is 5.46. The topological polar surface area (TPSA) is 102 Å². The van der Waals surface area contributed by atoms with E-state index in [4.69, 9.17) is 14.5 Å². The number of pyridine rings is 1. The average molecular weight is 493 g/mol. The van der Waals surface area contributed by atoms with E-state index in [0.29, 0.717) is 31.7 Å². The molecule has 0 bridgehead atoms. The molecule has 1 aliphatic heterocycles. The molecule has 0 spiro atoms. The van der Waals surface area contributed by atoms with Gasteiger partial charge in [-0.25, -0.2) is 9.37 Å². The van der Waals surface area contributed by atoms with Crippen molar-refractivity contribution in [2.75, 3.05) is 20.3 Å². The Morgan fingerprint density at radius 2 is 2.06 bits per heavy atom. The summed E-state index contributed by atoms with van der Waals surface area (Å²) in [5.74, 6) is -1.10. The molecule has 3 aromatic heterocycles. The van der Waals surface area contributed by atoms with E-state index in [1.165, 1.54) is 13.2 Å². The first-order chi connectivity index (χ1) is 17.5. The zero-order chi connectivity index (χ0) is 25.0. The number of nitrogens with zero attached hydrogens (tertiary/aromatic N) is 3. The standard InChI is InChI=1S/C27H29FN4O4/c1-3-27(13-36-14-27)24-22(15-4-6-16(7-5-15)26(33)34)23-20(10-17-12-29-31-25(17)30-23)32(24)18-8-9-19(28)21(11-18)35-2/h8-12,15-16H,3-7,13-14H2,1-2H3,(H,33,34)(H,29,30,31). The van der Waals surface area contributed by atoms with Crippen LogP contribution in [0.3, 0.4) is 0 Å². The molecule has 2 fully saturated rings. The molecule has 4 aromatic rings. The number of aromatic nitrogens is 4. The zero-order valence-electron chi connectivity index (χ0n) is 20.4. The van der Waals surface area contributed by atoms with E-state index < -0.39 is 11.8 Å². The Balaban J connectivity index is 1.66. The minimum atomic E-state index is -0.718. The number of hydrogen-bond donors (Lipinski definition) is 2. The molecule has 36 heavy (non-hydrogen) atoms. The summed E-state index contributed by atoms with van der Waals surface area (Å²) in [7, 11) is 1.47. The number of aliphatic carboxylic acids is 1. The van der Waals surface area contributed by atoms with Gasteiger partial charge >= 0.3 is 5.97 Å². The van der Waals surface area contributed by atoms with Gasteiger partial charge in [0.25, 0.3) is 0 Å². The lowest BCUT2D eigenvalue weighted by molar-refractivity contribution is -0.142. The molecule has 9 heteroatoms. The number of carbonyl (C=O) groups is 1. The van der Waals surface area contributed by atoms with Crippen molar-refractivity contribution >= 4 is 28.0 Å². The van der Waals surface area contributed by atoms with Gasteiger partial charge in [-0.2, -0.15) is 5.10 Å². The Kier molecular flexibility index (Phi) is 5.48. The second-order valence-corrected chi connectivity index (χ2v) is 10.1. The minimum absolute atomic E-state index is 0.165. The summed E-state index contributed by atoms with van der Waals surface area (Å²) in [5, 5.41) is 17.6. The van der Waals surface area contributed by atoms with Crippen molar-refractivity contribution in [3.8, 4) is 11.4 Å². The van der Waals surface area contributed by atoms with E-state index in [-0.39, 0.29) is 23.0 Å². The number of nitrogens with one attached hydrogen (secondary N) is 1. The molecule has 1 saturated heterocycles. The van der Waals surface area contributed by atoms with Crippen molar-refractivity contribution in [1.82, 2.24) is 19.7 Å². The van der Waals surface area contributed by atoms with E-state index >= 15 is 0 Å². The van der Waals surface area contributed by atoms with E-state index in [1.807, 2.05) is 0 Å². The third-order valence-electron chi connectivity index (χ3n) is 8.19. The molecule has 2 aliphatic rings. The molecule has 1 aliphatic carbocycles. The van der Waals surface area contributed by atoms with Crippen LogP contribution in [0.2, 0.25) is 0 Å². The lowest BCUT2D eigenvalue weighted by Gasteiger charge is -2.43. The molecular formula is C27H29FN4O4. The lowest BCUT2D eigenvalue weighted by Crippen LogP contribution is -2.48. The van der Waals surface area contributed by atoms with E-state index in [9.17, 15) is 14.3 Å². The molecule has 188 valence electrons. The summed E-state index contributed by atoms with van der Waals surface area (Å²) in [4.78, 5) is 16.7. The van der Waals surface area contributed by atoms with Gasteiger partial charge in [0.1, 0.15) is 0 Å². The van der Waals surface area contributed by atoms with Crippen LogP contribution in [-0.4, -0.2) is 51.1 Å². The van der Waals surface area contributed by atoms with Crippen LogP contribution in [0.1, 0.15) is 56.2 Å². The highest BCUT2D eigenvalue weighted by atomic mass is 19.1. The Labute approximate surface area is 207 Å². The Morgan fingerprint density at radius 3 is 2.69 bits per heavy atom. The third kappa shape index (κ3) is 3.40. The summed E-state index contributed by atoms with van der Waals surface area (Å²) in [5.41, 5.74) is 5.37. The first-order valence-corrected chi connectivity index (χ1v) is 12.5. The molecule has 0 atom stereocenters. The van der Waals surface area contributed by atoms with Gasteiger partial charge in [-0.15, -0.1) is 0 Å². The maximum Gasteiger partial charge on any atom is 0.306 e. The minimum Gasteiger partial charge on any atom is -0.494 e. The second kappa shape index (κ2) is 8.58. The number of carboxylic acids is 1. The first kappa shape index (κ1) is 23.0. The van der Waals surface area contributed by atoms with Crippen molar-refractivity contribution in [3.05, 3.63) is 47.5 Å². The van der Waals surface area contributed by atoms with Crippen molar-refractivity contribution in [2.45, 2.75) is 50.4 Å². The predicted molar refractivity (Wildman–Crippen MR) is 132 cm³/mol. The molecule has 8 nitrogen and oxygen atoms in total. The highest BCUT2D eigenvalue weighted by Crippen LogP contribution is 2.49. The van der Waals surface area contributed by atoms with Gasteiger partial charge in [-0.1, -0.05) is 6.92 Å². The van der Waals surface area contributed by atoms with Crippen molar-refractivity contribution < 1.29 is 23.8 Å². The molecule has 0 amide bonds. The number of ether oxygens (including phenoxy) is 2. The maximum atomic E-state index is 14.4. The molecule has 6 rings (SSSR count). The molecular weight excluding hydrogens is 463 g/mol. The van der Waals surface area contributed by atoms with E-state index in [2.05, 4.69) is 27.8 Å². The van der Waals surface area contributed by atoms with Crippen LogP contribution >= 0.6 is 0 Å². The van der Waals surface area contributed by atoms with Gasteiger partial charge in [0.15, 0.2) is 17.2 Å². The number of rotatable bonds is 6. The summed E-state index contributed by atoms with van der Waals surface area (Å²) < 4.78 is 27.7. The number of fused-ring (bicyclic) bond motifs is 2. The summed E-state index contributed by atoms with van der Waals surface area (Å²) in [6, 6.07) is 7.01. The predicted octanol–water partition coefficient (Wildman–Crippen LogP) is 5.09. The molecule has 1 saturated carbocycles. The molecule has 4 heterocycles. The summed E-state index contributed by atoms with van der Waals surface area (Å²) in [6.45, 7) is 3.35. The zero-order valence-corrected chi connectivity index (χ0v) is 20.4. The molecule has 0 unspecified atom stereocenters.